The van der Waals surface area contributed by atoms with E-state index in [-0.39, 0.29) is 16.3 Å². The van der Waals surface area contributed by atoms with Crippen LogP contribution in [0.2, 0.25) is 5.02 Å². The maximum atomic E-state index is 12.8. The van der Waals surface area contributed by atoms with Gasteiger partial charge in [-0.05, 0) is 18.2 Å². The molecule has 1 atom stereocenters. The number of benzene rings is 1. The summed E-state index contributed by atoms with van der Waals surface area (Å²) in [5, 5.41) is -0.674. The third-order valence-corrected chi connectivity index (χ3v) is 4.79. The van der Waals surface area contributed by atoms with Crippen LogP contribution in [0.4, 0.5) is 26.3 Å². The number of rotatable bonds is 2. The second-order valence-corrected chi connectivity index (χ2v) is 6.72. The Kier molecular flexibility index (Phi) is 5.12. The highest BCUT2D eigenvalue weighted by atomic mass is 35.5. The minimum absolute atomic E-state index is 0.164. The summed E-state index contributed by atoms with van der Waals surface area (Å²) < 4.78 is 87.7. The van der Waals surface area contributed by atoms with Crippen molar-refractivity contribution in [3.8, 4) is 5.69 Å². The van der Waals surface area contributed by atoms with E-state index in [2.05, 4.69) is 0 Å². The van der Waals surface area contributed by atoms with Crippen molar-refractivity contribution in [1.82, 2.24) is 9.13 Å². The molecule has 5 nitrogen and oxygen atoms in total. The van der Waals surface area contributed by atoms with Gasteiger partial charge in [0.2, 0.25) is 0 Å². The molecule has 26 heavy (non-hydrogen) atoms. The summed E-state index contributed by atoms with van der Waals surface area (Å²) in [6, 6.07) is 2.39. The normalized spacial score (nSPS) is 13.7. The van der Waals surface area contributed by atoms with Gasteiger partial charge in [0.1, 0.15) is 5.69 Å². The zero-order valence-electron chi connectivity index (χ0n) is 12.5. The van der Waals surface area contributed by atoms with Crippen LogP contribution in [0.3, 0.4) is 0 Å². The molecule has 1 aromatic carbocycles. The Morgan fingerprint density at radius 1 is 1.04 bits per heavy atom. The van der Waals surface area contributed by atoms with E-state index in [1.54, 1.807) is 0 Å². The Labute approximate surface area is 147 Å². The van der Waals surface area contributed by atoms with E-state index < -0.39 is 49.3 Å². The van der Waals surface area contributed by atoms with Gasteiger partial charge in [0.25, 0.3) is 5.56 Å². The lowest BCUT2D eigenvalue weighted by molar-refractivity contribution is -0.144. The summed E-state index contributed by atoms with van der Waals surface area (Å²) in [7, 11) is -2.69. The van der Waals surface area contributed by atoms with Crippen molar-refractivity contribution >= 4 is 22.4 Å². The number of hydrogen-bond acceptors (Lipinski definition) is 3. The Balaban J connectivity index is 2.67. The second-order valence-electron chi connectivity index (χ2n) is 4.87. The van der Waals surface area contributed by atoms with Crippen molar-refractivity contribution in [3.05, 3.63) is 55.8 Å². The minimum Gasteiger partial charge on any atom is -0.292 e. The van der Waals surface area contributed by atoms with Gasteiger partial charge in [0.05, 0.1) is 15.6 Å². The summed E-state index contributed by atoms with van der Waals surface area (Å²) in [6.45, 7) is 0. The molecule has 0 aliphatic rings. The first-order chi connectivity index (χ1) is 11.7. The number of nitrogens with zero attached hydrogens (tertiary/aromatic N) is 2. The molecular weight excluding hydrogens is 414 g/mol. The lowest BCUT2D eigenvalue weighted by Gasteiger charge is -2.14. The van der Waals surface area contributed by atoms with Crippen molar-refractivity contribution < 1.29 is 30.6 Å². The standard InChI is InChI=1S/C13H7ClF6N2O3S/c1-21-9(12(15,16)17)5-10(23)22(11(21)24)6-2-3-8(7(14)4-6)26(25)13(18,19)20/h2-5H,1H3. The molecule has 0 aliphatic carbocycles. The lowest BCUT2D eigenvalue weighted by atomic mass is 10.3. The maximum absolute atomic E-state index is 12.8. The summed E-state index contributed by atoms with van der Waals surface area (Å²) in [5.74, 6) is 0. The molecule has 1 heterocycles. The van der Waals surface area contributed by atoms with Gasteiger partial charge in [-0.1, -0.05) is 11.6 Å². The first-order valence-electron chi connectivity index (χ1n) is 6.44. The average molecular weight is 421 g/mol. The molecule has 0 amide bonds. The van der Waals surface area contributed by atoms with Crippen molar-refractivity contribution in [2.45, 2.75) is 16.6 Å². The van der Waals surface area contributed by atoms with Crippen molar-refractivity contribution in [2.75, 3.05) is 0 Å². The molecule has 13 heteroatoms. The molecule has 0 spiro atoms. The van der Waals surface area contributed by atoms with Gasteiger partial charge in [-0.15, -0.1) is 0 Å². The number of alkyl halides is 6. The summed E-state index contributed by atoms with van der Waals surface area (Å²) in [5.41, 5.74) is -9.71. The molecule has 2 rings (SSSR count). The zero-order valence-corrected chi connectivity index (χ0v) is 14.1. The average Bonchev–Trinajstić information content (AvgIpc) is 2.48. The molecule has 1 aromatic heterocycles. The van der Waals surface area contributed by atoms with Crippen molar-refractivity contribution in [3.63, 3.8) is 0 Å². The molecule has 0 aliphatic heterocycles. The minimum atomic E-state index is -5.09. The maximum Gasteiger partial charge on any atom is 0.475 e. The molecule has 0 saturated heterocycles. The van der Waals surface area contributed by atoms with E-state index in [1.165, 1.54) is 0 Å². The summed E-state index contributed by atoms with van der Waals surface area (Å²) in [6.07, 6.45) is -4.96. The van der Waals surface area contributed by atoms with Gasteiger partial charge in [-0.2, -0.15) is 26.3 Å². The second kappa shape index (κ2) is 6.58. The molecule has 0 N–H and O–H groups in total. The molecule has 0 bridgehead atoms. The largest absolute Gasteiger partial charge is 0.475 e. The van der Waals surface area contributed by atoms with E-state index in [4.69, 9.17) is 11.6 Å². The number of halogens is 7. The fourth-order valence-corrected chi connectivity index (χ4v) is 3.10. The van der Waals surface area contributed by atoms with Crippen LogP contribution >= 0.6 is 11.6 Å². The van der Waals surface area contributed by atoms with E-state index in [0.717, 1.165) is 19.2 Å². The monoisotopic (exact) mass is 420 g/mol. The predicted octanol–water partition coefficient (Wildman–Crippen LogP) is 2.84. The van der Waals surface area contributed by atoms with E-state index >= 15 is 0 Å². The van der Waals surface area contributed by atoms with Crippen LogP contribution in [0.5, 0.6) is 0 Å². The molecule has 0 saturated carbocycles. The van der Waals surface area contributed by atoms with Gasteiger partial charge in [0.15, 0.2) is 10.8 Å². The predicted molar refractivity (Wildman–Crippen MR) is 79.8 cm³/mol. The third kappa shape index (κ3) is 3.70. The SMILES string of the molecule is Cn1c(C(F)(F)F)cc(=O)n(-c2ccc(S(=O)C(F)(F)F)c(Cl)c2)c1=O. The number of hydrogen-bond donors (Lipinski definition) is 0. The first-order valence-corrected chi connectivity index (χ1v) is 7.96. The molecule has 0 radical (unpaired) electrons. The Bertz CT molecular complexity index is 1010. The van der Waals surface area contributed by atoms with Crippen LogP contribution in [-0.2, 0) is 24.0 Å². The Hall–Kier alpha value is -2.08. The highest BCUT2D eigenvalue weighted by molar-refractivity contribution is 7.86. The van der Waals surface area contributed by atoms with Gasteiger partial charge in [-0.25, -0.2) is 13.6 Å². The molecule has 0 fully saturated rings. The summed E-state index contributed by atoms with van der Waals surface area (Å²) >= 11 is 5.63. The van der Waals surface area contributed by atoms with Gasteiger partial charge in [-0.3, -0.25) is 9.36 Å². The number of aromatic nitrogens is 2. The van der Waals surface area contributed by atoms with Crippen LogP contribution < -0.4 is 11.2 Å². The van der Waals surface area contributed by atoms with Gasteiger partial charge in [0, 0.05) is 13.1 Å². The Morgan fingerprint density at radius 2 is 1.62 bits per heavy atom. The van der Waals surface area contributed by atoms with Crippen molar-refractivity contribution in [2.24, 2.45) is 7.05 Å². The highest BCUT2D eigenvalue weighted by Crippen LogP contribution is 2.32. The van der Waals surface area contributed by atoms with Crippen LogP contribution in [0.15, 0.2) is 38.8 Å². The third-order valence-electron chi connectivity index (χ3n) is 3.19. The molecular formula is C13H7ClF6N2O3S. The Morgan fingerprint density at radius 3 is 2.08 bits per heavy atom. The van der Waals surface area contributed by atoms with Gasteiger partial charge < -0.3 is 0 Å². The van der Waals surface area contributed by atoms with Crippen LogP contribution in [0.25, 0.3) is 5.69 Å². The fourth-order valence-electron chi connectivity index (χ4n) is 2.04. The first kappa shape index (κ1) is 20.2. The van der Waals surface area contributed by atoms with Crippen LogP contribution in [0.1, 0.15) is 5.69 Å². The topological polar surface area (TPSA) is 61.1 Å². The summed E-state index contributed by atoms with van der Waals surface area (Å²) in [4.78, 5) is 23.2. The van der Waals surface area contributed by atoms with Crippen molar-refractivity contribution in [1.29, 1.82) is 0 Å². The zero-order chi connectivity index (χ0) is 20.0. The van der Waals surface area contributed by atoms with E-state index in [1.807, 2.05) is 0 Å². The lowest BCUT2D eigenvalue weighted by Crippen LogP contribution is -2.40. The fraction of sp³-hybridized carbons (Fsp3) is 0.231. The smallest absolute Gasteiger partial charge is 0.292 e. The van der Waals surface area contributed by atoms with Crippen LogP contribution in [0, 0.1) is 0 Å². The van der Waals surface area contributed by atoms with E-state index in [0.29, 0.717) is 10.6 Å². The molecule has 142 valence electrons. The highest BCUT2D eigenvalue weighted by Gasteiger charge is 2.39. The van der Waals surface area contributed by atoms with E-state index in [9.17, 15) is 40.1 Å². The van der Waals surface area contributed by atoms with Crippen LogP contribution in [-0.4, -0.2) is 18.9 Å². The molecule has 2 aromatic rings. The quantitative estimate of drug-likeness (QED) is 0.702. The van der Waals surface area contributed by atoms with Gasteiger partial charge >= 0.3 is 17.4 Å². The molecule has 1 unspecified atom stereocenters.